The Hall–Kier alpha value is -2.40. The molecule has 0 unspecified atom stereocenters. The third-order valence-corrected chi connectivity index (χ3v) is 2.56. The summed E-state index contributed by atoms with van der Waals surface area (Å²) in [7, 11) is 0. The van der Waals surface area contributed by atoms with Crippen LogP contribution < -0.4 is 0 Å². The summed E-state index contributed by atoms with van der Waals surface area (Å²) >= 11 is 0. The van der Waals surface area contributed by atoms with Crippen molar-refractivity contribution in [2.45, 2.75) is 6.92 Å². The van der Waals surface area contributed by atoms with Crippen LogP contribution in [0.2, 0.25) is 0 Å². The van der Waals surface area contributed by atoms with Crippen LogP contribution in [0.1, 0.15) is 16.7 Å². The fourth-order valence-corrected chi connectivity index (χ4v) is 1.55. The van der Waals surface area contributed by atoms with E-state index < -0.39 is 0 Å². The lowest BCUT2D eigenvalue weighted by molar-refractivity contribution is 1.42. The highest BCUT2D eigenvalue weighted by molar-refractivity contribution is 5.84. The summed E-state index contributed by atoms with van der Waals surface area (Å²) in [6, 6.07) is 17.5. The van der Waals surface area contributed by atoms with Gasteiger partial charge in [-0.15, -0.1) is 0 Å². The maximum Gasteiger partial charge on any atom is 0.101 e. The number of nitrogens with zero attached hydrogens (tertiary/aromatic N) is 2. The first-order valence-electron chi connectivity index (χ1n) is 5.40. The molecule has 0 N–H and O–H groups in total. The monoisotopic (exact) mass is 220 g/mol. The number of hydrogen-bond donors (Lipinski definition) is 0. The van der Waals surface area contributed by atoms with Crippen molar-refractivity contribution >= 4 is 11.9 Å². The summed E-state index contributed by atoms with van der Waals surface area (Å²) in [5, 5.41) is 8.95. The second kappa shape index (κ2) is 5.09. The van der Waals surface area contributed by atoms with Gasteiger partial charge in [0.2, 0.25) is 0 Å². The molecule has 0 aliphatic heterocycles. The van der Waals surface area contributed by atoms with Crippen LogP contribution in [0.15, 0.2) is 53.5 Å². The molecule has 0 aliphatic rings. The van der Waals surface area contributed by atoms with E-state index in [2.05, 4.69) is 11.1 Å². The lowest BCUT2D eigenvalue weighted by Crippen LogP contribution is -1.85. The molecular formula is C15H12N2. The molecule has 0 saturated heterocycles. The van der Waals surface area contributed by atoms with Gasteiger partial charge in [0.15, 0.2) is 0 Å². The molecule has 2 heteroatoms. The van der Waals surface area contributed by atoms with Crippen molar-refractivity contribution in [1.29, 1.82) is 5.26 Å². The topological polar surface area (TPSA) is 36.1 Å². The Morgan fingerprint density at radius 3 is 2.53 bits per heavy atom. The van der Waals surface area contributed by atoms with Crippen LogP contribution >= 0.6 is 0 Å². The van der Waals surface area contributed by atoms with E-state index >= 15 is 0 Å². The summed E-state index contributed by atoms with van der Waals surface area (Å²) in [5.74, 6) is 0. The van der Waals surface area contributed by atoms with Crippen molar-refractivity contribution < 1.29 is 0 Å². The maximum atomic E-state index is 8.95. The van der Waals surface area contributed by atoms with E-state index in [1.165, 1.54) is 5.56 Å². The third kappa shape index (κ3) is 2.59. The summed E-state index contributed by atoms with van der Waals surface area (Å²) in [4.78, 5) is 4.36. The molecule has 0 aromatic heterocycles. The Labute approximate surface area is 101 Å². The van der Waals surface area contributed by atoms with Gasteiger partial charge in [-0.1, -0.05) is 36.4 Å². The Bertz CT molecular complexity index is 592. The van der Waals surface area contributed by atoms with E-state index in [0.29, 0.717) is 11.3 Å². The average Bonchev–Trinajstić information content (AvgIpc) is 2.38. The number of aliphatic imine (C=N–C) groups is 1. The molecule has 0 amide bonds. The zero-order valence-corrected chi connectivity index (χ0v) is 9.59. The van der Waals surface area contributed by atoms with Crippen LogP contribution in [0.4, 0.5) is 5.69 Å². The molecule has 2 nitrogen and oxygen atoms in total. The van der Waals surface area contributed by atoms with Crippen LogP contribution in [0.3, 0.4) is 0 Å². The van der Waals surface area contributed by atoms with E-state index in [-0.39, 0.29) is 0 Å². The molecule has 2 rings (SSSR count). The van der Waals surface area contributed by atoms with Gasteiger partial charge in [-0.3, -0.25) is 4.99 Å². The molecule has 0 saturated carbocycles. The predicted molar refractivity (Wildman–Crippen MR) is 69.6 cm³/mol. The number of hydrogen-bond acceptors (Lipinski definition) is 2. The van der Waals surface area contributed by atoms with Crippen molar-refractivity contribution in [2.75, 3.05) is 0 Å². The minimum atomic E-state index is 0.595. The van der Waals surface area contributed by atoms with E-state index in [4.69, 9.17) is 5.26 Å². The van der Waals surface area contributed by atoms with Gasteiger partial charge in [-0.25, -0.2) is 0 Å². The van der Waals surface area contributed by atoms with Crippen LogP contribution in [0.5, 0.6) is 0 Å². The van der Waals surface area contributed by atoms with Crippen molar-refractivity contribution in [3.63, 3.8) is 0 Å². The van der Waals surface area contributed by atoms with E-state index in [0.717, 1.165) is 5.56 Å². The van der Waals surface area contributed by atoms with Crippen LogP contribution in [0, 0.1) is 18.3 Å². The first-order chi connectivity index (χ1) is 8.31. The highest BCUT2D eigenvalue weighted by atomic mass is 14.7. The zero-order valence-electron chi connectivity index (χ0n) is 9.59. The SMILES string of the molecule is Cc1ccccc1C=Nc1ccccc1C#N. The quantitative estimate of drug-likeness (QED) is 0.712. The Balaban J connectivity index is 2.33. The van der Waals surface area contributed by atoms with Crippen molar-refractivity contribution in [3.05, 3.63) is 65.2 Å². The number of rotatable bonds is 2. The third-order valence-electron chi connectivity index (χ3n) is 2.56. The van der Waals surface area contributed by atoms with Crippen molar-refractivity contribution in [1.82, 2.24) is 0 Å². The largest absolute Gasteiger partial charge is 0.255 e. The smallest absolute Gasteiger partial charge is 0.101 e. The van der Waals surface area contributed by atoms with Gasteiger partial charge < -0.3 is 0 Å². The average molecular weight is 220 g/mol. The van der Waals surface area contributed by atoms with Crippen LogP contribution in [-0.2, 0) is 0 Å². The summed E-state index contributed by atoms with van der Waals surface area (Å²) < 4.78 is 0. The van der Waals surface area contributed by atoms with Gasteiger partial charge in [0, 0.05) is 6.21 Å². The molecule has 0 bridgehead atoms. The molecular weight excluding hydrogens is 208 g/mol. The molecule has 0 radical (unpaired) electrons. The van der Waals surface area contributed by atoms with E-state index in [9.17, 15) is 0 Å². The highest BCUT2D eigenvalue weighted by Gasteiger charge is 1.97. The Kier molecular flexibility index (Phi) is 3.32. The van der Waals surface area contributed by atoms with Gasteiger partial charge in [0.05, 0.1) is 11.3 Å². The van der Waals surface area contributed by atoms with E-state index in [1.807, 2.05) is 49.4 Å². The zero-order chi connectivity index (χ0) is 12.1. The molecule has 17 heavy (non-hydrogen) atoms. The van der Waals surface area contributed by atoms with Crippen molar-refractivity contribution in [2.24, 2.45) is 4.99 Å². The number of aryl methyl sites for hydroxylation is 1. The van der Waals surface area contributed by atoms with Crippen LogP contribution in [-0.4, -0.2) is 6.21 Å². The first-order valence-corrected chi connectivity index (χ1v) is 5.40. The van der Waals surface area contributed by atoms with Gasteiger partial charge in [-0.2, -0.15) is 5.26 Å². The second-order valence-electron chi connectivity index (χ2n) is 3.74. The molecule has 0 atom stereocenters. The van der Waals surface area contributed by atoms with Gasteiger partial charge in [0.25, 0.3) is 0 Å². The number of para-hydroxylation sites is 1. The standard InChI is InChI=1S/C15H12N2/c1-12-6-2-3-8-14(12)11-17-15-9-5-4-7-13(15)10-16/h2-9,11H,1H3. The fraction of sp³-hybridized carbons (Fsp3) is 0.0667. The molecule has 0 spiro atoms. The summed E-state index contributed by atoms with van der Waals surface area (Å²) in [6.07, 6.45) is 1.80. The van der Waals surface area contributed by atoms with Gasteiger partial charge >= 0.3 is 0 Å². The number of nitriles is 1. The Morgan fingerprint density at radius 2 is 1.76 bits per heavy atom. The second-order valence-corrected chi connectivity index (χ2v) is 3.74. The lowest BCUT2D eigenvalue weighted by Gasteiger charge is -1.99. The summed E-state index contributed by atoms with van der Waals surface area (Å²) in [6.45, 7) is 2.04. The van der Waals surface area contributed by atoms with Crippen LogP contribution in [0.25, 0.3) is 0 Å². The molecule has 2 aromatic carbocycles. The van der Waals surface area contributed by atoms with Gasteiger partial charge in [0.1, 0.15) is 6.07 Å². The summed E-state index contributed by atoms with van der Waals surface area (Å²) in [5.41, 5.74) is 3.54. The number of benzene rings is 2. The molecule has 0 heterocycles. The van der Waals surface area contributed by atoms with Crippen molar-refractivity contribution in [3.8, 4) is 6.07 Å². The maximum absolute atomic E-state index is 8.95. The molecule has 82 valence electrons. The molecule has 0 fully saturated rings. The predicted octanol–water partition coefficient (Wildman–Crippen LogP) is 3.62. The normalized spacial score (nSPS) is 10.4. The molecule has 0 aliphatic carbocycles. The van der Waals surface area contributed by atoms with E-state index in [1.54, 1.807) is 12.3 Å². The first kappa shape index (κ1) is 11.1. The molecule has 2 aromatic rings. The fourth-order valence-electron chi connectivity index (χ4n) is 1.55. The minimum Gasteiger partial charge on any atom is -0.255 e. The minimum absolute atomic E-state index is 0.595. The highest BCUT2D eigenvalue weighted by Crippen LogP contribution is 2.17. The van der Waals surface area contributed by atoms with Gasteiger partial charge in [-0.05, 0) is 30.2 Å². The lowest BCUT2D eigenvalue weighted by atomic mass is 10.1. The Morgan fingerprint density at radius 1 is 1.06 bits per heavy atom.